The molecular weight excluding hydrogens is 595 g/mol. The van der Waals surface area contributed by atoms with Gasteiger partial charge in [-0.3, -0.25) is 0 Å². The molecule has 44 heavy (non-hydrogen) atoms. The summed E-state index contributed by atoms with van der Waals surface area (Å²) in [6.07, 6.45) is 1.39. The molecule has 2 N–H and O–H groups in total. The van der Waals surface area contributed by atoms with Crippen molar-refractivity contribution in [3.63, 3.8) is 0 Å². The van der Waals surface area contributed by atoms with Crippen LogP contribution >= 0.6 is 8.53 Å². The fourth-order valence-corrected chi connectivity index (χ4v) is 8.81. The number of fused-ring (bicyclic) bond motifs is 2. The molecule has 0 aromatic heterocycles. The Morgan fingerprint density at radius 3 is 1.82 bits per heavy atom. The van der Waals surface area contributed by atoms with Crippen molar-refractivity contribution in [3.05, 3.63) is 107 Å². The number of sulfonamides is 1. The minimum absolute atomic E-state index is 0.0860. The summed E-state index contributed by atoms with van der Waals surface area (Å²) < 4.78 is 56.2. The molecule has 4 aromatic rings. The van der Waals surface area contributed by atoms with Gasteiger partial charge < -0.3 is 24.3 Å². The summed E-state index contributed by atoms with van der Waals surface area (Å²) >= 11 is 0. The lowest BCUT2D eigenvalue weighted by Crippen LogP contribution is -2.30. The van der Waals surface area contributed by atoms with Crippen molar-refractivity contribution in [2.45, 2.75) is 70.1 Å². The highest BCUT2D eigenvalue weighted by Crippen LogP contribution is 2.55. The lowest BCUT2D eigenvalue weighted by Gasteiger charge is -2.30. The molecule has 8 nitrogen and oxygen atoms in total. The van der Waals surface area contributed by atoms with Gasteiger partial charge in [-0.1, -0.05) is 60.2 Å². The molecule has 0 aliphatic carbocycles. The van der Waals surface area contributed by atoms with Crippen molar-refractivity contribution in [2.75, 3.05) is 5.73 Å². The molecular formula is C34H37N2O6PS. The van der Waals surface area contributed by atoms with Crippen LogP contribution in [0.5, 0.6) is 23.0 Å². The highest BCUT2D eigenvalue weighted by Gasteiger charge is 2.41. The highest BCUT2D eigenvalue weighted by molar-refractivity contribution is 7.93. The number of benzene rings is 4. The minimum atomic E-state index is -4.17. The number of aryl methyl sites for hydroxylation is 1. The van der Waals surface area contributed by atoms with Gasteiger partial charge in [0.1, 0.15) is 11.2 Å². The largest absolute Gasteiger partial charge is 0.483 e. The molecule has 2 aliphatic rings. The van der Waals surface area contributed by atoms with E-state index in [2.05, 4.69) is 0 Å². The van der Waals surface area contributed by atoms with E-state index in [4.69, 9.17) is 24.3 Å². The Morgan fingerprint density at radius 1 is 0.773 bits per heavy atom. The minimum Gasteiger partial charge on any atom is -0.483 e. The van der Waals surface area contributed by atoms with Crippen molar-refractivity contribution in [3.8, 4) is 23.0 Å². The number of nitrogens with two attached hydrogens (primary N) is 1. The molecule has 0 amide bonds. The Hall–Kier alpha value is -3.78. The first-order chi connectivity index (χ1) is 20.8. The first-order valence-corrected chi connectivity index (χ1v) is 17.1. The maximum atomic E-state index is 14.5. The van der Waals surface area contributed by atoms with Gasteiger partial charge in [0.05, 0.1) is 11.4 Å². The SMILES string of the molecule is Cc1ccc(S(=O)(=O)N(Cc2ccccc2N)P(Oc2cccc3c2OC(C)(C)C3)Oc2cccc3c2OC(C)(C)C3)cc1. The third kappa shape index (κ3) is 6.09. The van der Waals surface area contributed by atoms with Crippen LogP contribution in [0.4, 0.5) is 5.69 Å². The Morgan fingerprint density at radius 2 is 1.30 bits per heavy atom. The number of hydrogen-bond acceptors (Lipinski definition) is 7. The second-order valence-electron chi connectivity index (χ2n) is 12.5. The van der Waals surface area contributed by atoms with Crippen LogP contribution in [0, 0.1) is 6.92 Å². The third-order valence-corrected chi connectivity index (χ3v) is 11.4. The van der Waals surface area contributed by atoms with Crippen LogP contribution in [0.1, 0.15) is 49.9 Å². The van der Waals surface area contributed by atoms with Crippen molar-refractivity contribution >= 4 is 24.2 Å². The normalized spacial score (nSPS) is 16.2. The molecule has 0 bridgehead atoms. The van der Waals surface area contributed by atoms with Crippen LogP contribution < -0.4 is 24.3 Å². The van der Waals surface area contributed by atoms with Crippen LogP contribution in [-0.4, -0.2) is 23.7 Å². The zero-order valence-corrected chi connectivity index (χ0v) is 27.2. The molecule has 0 saturated heterocycles. The van der Waals surface area contributed by atoms with E-state index < -0.39 is 29.8 Å². The topological polar surface area (TPSA) is 100 Å². The van der Waals surface area contributed by atoms with E-state index >= 15 is 0 Å². The van der Waals surface area contributed by atoms with E-state index in [0.29, 0.717) is 47.1 Å². The molecule has 0 radical (unpaired) electrons. The van der Waals surface area contributed by atoms with Crippen molar-refractivity contribution in [2.24, 2.45) is 0 Å². The second kappa shape index (κ2) is 11.3. The number of para-hydroxylation sites is 3. The molecule has 0 atom stereocenters. The fourth-order valence-electron chi connectivity index (χ4n) is 5.48. The van der Waals surface area contributed by atoms with E-state index in [1.54, 1.807) is 48.5 Å². The average molecular weight is 633 g/mol. The zero-order valence-electron chi connectivity index (χ0n) is 25.5. The number of ether oxygens (including phenoxy) is 2. The number of hydrogen-bond donors (Lipinski definition) is 1. The lowest BCUT2D eigenvalue weighted by molar-refractivity contribution is 0.135. The molecule has 2 heterocycles. The fraction of sp³-hybridized carbons (Fsp3) is 0.294. The summed E-state index contributed by atoms with van der Waals surface area (Å²) in [6.45, 7) is 9.86. The van der Waals surface area contributed by atoms with Crippen molar-refractivity contribution in [1.29, 1.82) is 0 Å². The average Bonchev–Trinajstić information content (AvgIpc) is 3.46. The van der Waals surface area contributed by atoms with Gasteiger partial charge in [0.2, 0.25) is 0 Å². The van der Waals surface area contributed by atoms with Gasteiger partial charge in [-0.2, -0.15) is 0 Å². The number of anilines is 1. The maximum absolute atomic E-state index is 14.5. The van der Waals surface area contributed by atoms with Crippen LogP contribution in [0.3, 0.4) is 0 Å². The van der Waals surface area contributed by atoms with Crippen LogP contribution in [-0.2, 0) is 29.4 Å². The Balaban J connectivity index is 1.49. The number of rotatable bonds is 9. The predicted molar refractivity (Wildman–Crippen MR) is 173 cm³/mol. The molecule has 10 heteroatoms. The number of nitrogens with zero attached hydrogens (tertiary/aromatic N) is 1. The Kier molecular flexibility index (Phi) is 7.77. The van der Waals surface area contributed by atoms with Gasteiger partial charge in [-0.25, -0.2) is 8.42 Å². The smallest absolute Gasteiger partial charge is 0.400 e. The first-order valence-electron chi connectivity index (χ1n) is 14.5. The summed E-state index contributed by atoms with van der Waals surface area (Å²) in [5, 5.41) is 0. The van der Waals surface area contributed by atoms with Gasteiger partial charge in [-0.05, 0) is 70.5 Å². The van der Waals surface area contributed by atoms with Crippen molar-refractivity contribution in [1.82, 2.24) is 4.08 Å². The van der Waals surface area contributed by atoms with E-state index in [-0.39, 0.29) is 11.4 Å². The van der Waals surface area contributed by atoms with Crippen LogP contribution in [0.25, 0.3) is 0 Å². The molecule has 4 aromatic carbocycles. The van der Waals surface area contributed by atoms with Gasteiger partial charge in [0.25, 0.3) is 10.0 Å². The predicted octanol–water partition coefficient (Wildman–Crippen LogP) is 7.58. The summed E-state index contributed by atoms with van der Waals surface area (Å²) in [6, 6.07) is 25.2. The van der Waals surface area contributed by atoms with Gasteiger partial charge in [-0.15, -0.1) is 4.08 Å². The van der Waals surface area contributed by atoms with E-state index in [1.807, 2.05) is 71.0 Å². The lowest BCUT2D eigenvalue weighted by atomic mass is 10.0. The number of nitrogen functional groups attached to an aromatic ring is 1. The highest BCUT2D eigenvalue weighted by atomic mass is 32.2. The second-order valence-corrected chi connectivity index (χ2v) is 15.9. The van der Waals surface area contributed by atoms with Crippen molar-refractivity contribution < 1.29 is 26.9 Å². The molecule has 2 aliphatic heterocycles. The third-order valence-electron chi connectivity index (χ3n) is 7.60. The van der Waals surface area contributed by atoms with Gasteiger partial charge in [0, 0.05) is 29.7 Å². The van der Waals surface area contributed by atoms with Crippen LogP contribution in [0.15, 0.2) is 89.8 Å². The zero-order chi connectivity index (χ0) is 31.3. The monoisotopic (exact) mass is 632 g/mol. The van der Waals surface area contributed by atoms with Crippen LogP contribution in [0.2, 0.25) is 0 Å². The molecule has 0 unspecified atom stereocenters. The summed E-state index contributed by atoms with van der Waals surface area (Å²) in [4.78, 5) is 0.114. The standard InChI is InChI=1S/C34H37N2O6PS/c1-23-16-18-27(19-17-23)44(37,38)36(22-26-10-6-7-13-28(26)35)43(41-29-14-8-11-24-20-33(2,3)39-31(24)29)42-30-15-9-12-25-21-34(4,5)40-32(25)30/h6-19H,20-22,35H2,1-5H3. The van der Waals surface area contributed by atoms with E-state index in [1.165, 1.54) is 4.08 Å². The summed E-state index contributed by atoms with van der Waals surface area (Å²) in [5.74, 6) is 1.96. The molecule has 0 fully saturated rings. The van der Waals surface area contributed by atoms with Gasteiger partial charge in [0.15, 0.2) is 23.0 Å². The molecule has 6 rings (SSSR count). The Labute approximate surface area is 260 Å². The van der Waals surface area contributed by atoms with E-state index in [9.17, 15) is 8.42 Å². The van der Waals surface area contributed by atoms with Gasteiger partial charge >= 0.3 is 8.53 Å². The Bertz CT molecular complexity index is 1740. The summed E-state index contributed by atoms with van der Waals surface area (Å²) in [7, 11) is -6.55. The van der Waals surface area contributed by atoms with E-state index in [0.717, 1.165) is 16.7 Å². The molecule has 0 saturated carbocycles. The maximum Gasteiger partial charge on any atom is 0.400 e. The quantitative estimate of drug-likeness (QED) is 0.150. The first kappa shape index (κ1) is 30.3. The molecule has 0 spiro atoms. The summed E-state index contributed by atoms with van der Waals surface area (Å²) in [5.41, 5.74) is 9.46. The molecule has 230 valence electrons.